The van der Waals surface area contributed by atoms with E-state index in [2.05, 4.69) is 6.92 Å². The molecule has 0 spiro atoms. The lowest BCUT2D eigenvalue weighted by Crippen LogP contribution is -2.60. The predicted octanol–water partition coefficient (Wildman–Crippen LogP) is 4.13. The monoisotopic (exact) mass is 516 g/mol. The lowest BCUT2D eigenvalue weighted by molar-refractivity contribution is -0.144. The molecule has 9 atom stereocenters. The van der Waals surface area contributed by atoms with E-state index >= 15 is 0 Å². The molecule has 0 bridgehead atoms. The van der Waals surface area contributed by atoms with Gasteiger partial charge in [0.2, 0.25) is 0 Å². The van der Waals surface area contributed by atoms with E-state index in [-0.39, 0.29) is 60.8 Å². The quantitative estimate of drug-likeness (QED) is 0.484. The van der Waals surface area contributed by atoms with E-state index in [9.17, 15) is 34.5 Å². The number of hydrogen-bond donors (Lipinski definition) is 3. The van der Waals surface area contributed by atoms with Gasteiger partial charge in [-0.2, -0.15) is 0 Å². The Kier molecular flexibility index (Phi) is 6.72. The van der Waals surface area contributed by atoms with E-state index in [4.69, 9.17) is 0 Å². The molecule has 4 rings (SSSR count). The molecule has 37 heavy (non-hydrogen) atoms. The first-order chi connectivity index (χ1) is 16.9. The summed E-state index contributed by atoms with van der Waals surface area (Å²) in [6.07, 6.45) is 0.671. The fraction of sp³-hybridized carbons (Fsp3) is 0.800. The van der Waals surface area contributed by atoms with Gasteiger partial charge in [0.25, 0.3) is 0 Å². The number of fused-ring (bicyclic) bond motifs is 4. The van der Waals surface area contributed by atoms with Gasteiger partial charge in [0.15, 0.2) is 5.78 Å². The zero-order valence-corrected chi connectivity index (χ0v) is 23.4. The molecule has 0 saturated heterocycles. The van der Waals surface area contributed by atoms with E-state index in [0.717, 1.165) is 0 Å². The smallest absolute Gasteiger partial charge is 0.306 e. The lowest BCUT2D eigenvalue weighted by atomic mass is 9.42. The number of allylic oxidation sites excluding steroid dienone is 1. The predicted molar refractivity (Wildman–Crippen MR) is 137 cm³/mol. The Balaban J connectivity index is 1.74. The molecule has 7 heteroatoms. The second-order valence-electron chi connectivity index (χ2n) is 13.9. The Hall–Kier alpha value is -1.86. The van der Waals surface area contributed by atoms with Crippen LogP contribution in [0.2, 0.25) is 0 Å². The highest BCUT2D eigenvalue weighted by atomic mass is 16.4. The maximum Gasteiger partial charge on any atom is 0.306 e. The van der Waals surface area contributed by atoms with E-state index in [1.54, 1.807) is 0 Å². The number of rotatable bonds is 6. The van der Waals surface area contributed by atoms with Gasteiger partial charge < -0.3 is 15.3 Å². The van der Waals surface area contributed by atoms with Crippen molar-refractivity contribution in [1.29, 1.82) is 0 Å². The van der Waals surface area contributed by atoms with E-state index < -0.39 is 45.8 Å². The van der Waals surface area contributed by atoms with Crippen LogP contribution in [0.1, 0.15) is 93.4 Å². The highest BCUT2D eigenvalue weighted by Gasteiger charge is 2.70. The molecular formula is C30H44O7. The molecule has 0 aliphatic heterocycles. The molecule has 4 aliphatic rings. The van der Waals surface area contributed by atoms with Crippen LogP contribution < -0.4 is 0 Å². The van der Waals surface area contributed by atoms with Crippen molar-refractivity contribution in [2.24, 2.45) is 45.3 Å². The van der Waals surface area contributed by atoms with Crippen LogP contribution in [0.15, 0.2) is 11.1 Å². The van der Waals surface area contributed by atoms with E-state index in [1.165, 1.54) is 6.92 Å². The summed E-state index contributed by atoms with van der Waals surface area (Å²) in [5.41, 5.74) is -1.55. The highest BCUT2D eigenvalue weighted by Crippen LogP contribution is 2.70. The van der Waals surface area contributed by atoms with Crippen molar-refractivity contribution < 1.29 is 34.5 Å². The third-order valence-electron chi connectivity index (χ3n) is 11.6. The SMILES string of the molecule is C[C@H](CC(=O)C[C@H](C)[C@@H]1CC(=O)[C@@]2(C)C3=C(C(=O)C[C@]12C)[C@@]1(C)CC[C@H](O)C(C)(C)[C@@H]1C[C@H]3O)C(=O)O. The first-order valence-electron chi connectivity index (χ1n) is 13.8. The van der Waals surface area contributed by atoms with Gasteiger partial charge in [-0.3, -0.25) is 19.2 Å². The molecule has 7 nitrogen and oxygen atoms in total. The number of carbonyl (C=O) groups excluding carboxylic acids is 3. The minimum atomic E-state index is -1.01. The number of carbonyl (C=O) groups is 4. The van der Waals surface area contributed by atoms with Crippen LogP contribution in [0.4, 0.5) is 0 Å². The van der Waals surface area contributed by atoms with Gasteiger partial charge in [-0.25, -0.2) is 0 Å². The molecule has 3 N–H and O–H groups in total. The van der Waals surface area contributed by atoms with Gasteiger partial charge in [0, 0.05) is 31.3 Å². The van der Waals surface area contributed by atoms with Gasteiger partial charge in [0.05, 0.1) is 23.5 Å². The van der Waals surface area contributed by atoms with Crippen molar-refractivity contribution in [2.45, 2.75) is 106 Å². The van der Waals surface area contributed by atoms with Crippen LogP contribution >= 0.6 is 0 Å². The van der Waals surface area contributed by atoms with Crippen LogP contribution in [-0.2, 0) is 19.2 Å². The first-order valence-corrected chi connectivity index (χ1v) is 13.8. The van der Waals surface area contributed by atoms with Crippen molar-refractivity contribution in [3.8, 4) is 0 Å². The standard InChI is InChI=1S/C30H44O7/c1-15(10-17(31)11-16(2)26(36)37)18-12-23(35)30(7)25-19(32)13-21-27(3,4)22(34)8-9-28(21,5)24(25)20(33)14-29(18,30)6/h15-16,18-19,21-22,32,34H,8-14H2,1-7H3,(H,36,37)/t15-,16+,18-,19+,21-,22-,28-,29+,30-/m0/s1. The zero-order valence-electron chi connectivity index (χ0n) is 23.4. The summed E-state index contributed by atoms with van der Waals surface area (Å²) in [6.45, 7) is 13.4. The number of carboxylic acid groups (broad SMARTS) is 1. The second kappa shape index (κ2) is 8.84. The Morgan fingerprint density at radius 3 is 2.24 bits per heavy atom. The van der Waals surface area contributed by atoms with Crippen LogP contribution in [0.5, 0.6) is 0 Å². The molecule has 0 heterocycles. The number of Topliss-reactive ketones (excluding diaryl/α,β-unsaturated/α-hetero) is 3. The third kappa shape index (κ3) is 3.82. The minimum Gasteiger partial charge on any atom is -0.481 e. The Morgan fingerprint density at radius 2 is 1.65 bits per heavy atom. The Bertz CT molecular complexity index is 1070. The first kappa shape index (κ1) is 28.2. The van der Waals surface area contributed by atoms with Gasteiger partial charge >= 0.3 is 5.97 Å². The van der Waals surface area contributed by atoms with Crippen molar-refractivity contribution in [3.05, 3.63) is 11.1 Å². The van der Waals surface area contributed by atoms with Crippen molar-refractivity contribution in [3.63, 3.8) is 0 Å². The molecular weight excluding hydrogens is 472 g/mol. The molecule has 0 amide bonds. The summed E-state index contributed by atoms with van der Waals surface area (Å²) >= 11 is 0. The maximum absolute atomic E-state index is 14.1. The van der Waals surface area contributed by atoms with Crippen molar-refractivity contribution in [2.75, 3.05) is 0 Å². The van der Waals surface area contributed by atoms with E-state index in [1.807, 2.05) is 34.6 Å². The molecule has 4 aliphatic carbocycles. The normalized spacial score (nSPS) is 42.5. The average molecular weight is 517 g/mol. The molecule has 0 aromatic heterocycles. The molecule has 0 aromatic carbocycles. The number of carboxylic acids is 1. The highest BCUT2D eigenvalue weighted by molar-refractivity contribution is 6.05. The lowest BCUT2D eigenvalue weighted by Gasteiger charge is -2.61. The molecule has 2 fully saturated rings. The van der Waals surface area contributed by atoms with E-state index in [0.29, 0.717) is 30.4 Å². The summed E-state index contributed by atoms with van der Waals surface area (Å²) in [4.78, 5) is 51.9. The Labute approximate surface area is 220 Å². The summed E-state index contributed by atoms with van der Waals surface area (Å²) in [6, 6.07) is 0. The van der Waals surface area contributed by atoms with Gasteiger partial charge in [0.1, 0.15) is 11.6 Å². The largest absolute Gasteiger partial charge is 0.481 e. The fourth-order valence-corrected chi connectivity index (χ4v) is 9.12. The fourth-order valence-electron chi connectivity index (χ4n) is 9.12. The van der Waals surface area contributed by atoms with Crippen LogP contribution in [0.25, 0.3) is 0 Å². The molecule has 206 valence electrons. The summed E-state index contributed by atoms with van der Waals surface area (Å²) in [5.74, 6) is -2.45. The number of ketones is 3. The van der Waals surface area contributed by atoms with Crippen LogP contribution in [-0.4, -0.2) is 50.8 Å². The van der Waals surface area contributed by atoms with Crippen LogP contribution in [0.3, 0.4) is 0 Å². The summed E-state index contributed by atoms with van der Waals surface area (Å²) in [7, 11) is 0. The minimum absolute atomic E-state index is 0.00871. The molecule has 0 radical (unpaired) electrons. The zero-order chi connectivity index (χ0) is 27.9. The number of aliphatic hydroxyl groups excluding tert-OH is 2. The van der Waals surface area contributed by atoms with Gasteiger partial charge in [-0.15, -0.1) is 0 Å². The third-order valence-corrected chi connectivity index (χ3v) is 11.6. The maximum atomic E-state index is 14.1. The molecule has 0 aromatic rings. The molecule has 2 saturated carbocycles. The number of aliphatic hydroxyl groups is 2. The van der Waals surface area contributed by atoms with Gasteiger partial charge in [-0.05, 0) is 65.8 Å². The van der Waals surface area contributed by atoms with Crippen LogP contribution in [0, 0.1) is 45.3 Å². The van der Waals surface area contributed by atoms with Crippen molar-refractivity contribution >= 4 is 23.3 Å². The Morgan fingerprint density at radius 1 is 1.03 bits per heavy atom. The summed E-state index contributed by atoms with van der Waals surface area (Å²) in [5, 5.41) is 31.6. The van der Waals surface area contributed by atoms with Crippen molar-refractivity contribution in [1.82, 2.24) is 0 Å². The molecule has 0 unspecified atom stereocenters. The number of hydrogen-bond acceptors (Lipinski definition) is 6. The number of aliphatic carboxylic acids is 1. The topological polar surface area (TPSA) is 129 Å². The summed E-state index contributed by atoms with van der Waals surface area (Å²) < 4.78 is 0. The second-order valence-corrected chi connectivity index (χ2v) is 13.9. The van der Waals surface area contributed by atoms with Gasteiger partial charge in [-0.1, -0.05) is 41.5 Å². The average Bonchev–Trinajstić information content (AvgIpc) is 2.99.